The zero-order valence-corrected chi connectivity index (χ0v) is 8.44. The van der Waals surface area contributed by atoms with Crippen LogP contribution in [0.3, 0.4) is 0 Å². The fraction of sp³-hybridized carbons (Fsp3) is 0.900. The van der Waals surface area contributed by atoms with Crippen molar-refractivity contribution in [1.29, 1.82) is 0 Å². The Balaban J connectivity index is 2.06. The first kappa shape index (κ1) is 10.5. The number of amides is 1. The lowest BCUT2D eigenvalue weighted by Crippen LogP contribution is -2.43. The van der Waals surface area contributed by atoms with Crippen molar-refractivity contribution >= 4 is 5.91 Å². The summed E-state index contributed by atoms with van der Waals surface area (Å²) in [7, 11) is 0. The first-order chi connectivity index (χ1) is 6.33. The smallest absolute Gasteiger partial charge is 0.220 e. The molecule has 0 aliphatic carbocycles. The standard InChI is InChI=1S/C10H20N2O/c1-2-5-10(13)12-8-9-6-3-4-7-11-9/h9,11H,2-8H2,1H3,(H,12,13). The number of carbonyl (C=O) groups excluding carboxylic acids is 1. The minimum Gasteiger partial charge on any atom is -0.355 e. The molecule has 1 rings (SSSR count). The number of piperidine rings is 1. The molecule has 1 amide bonds. The quantitative estimate of drug-likeness (QED) is 0.685. The van der Waals surface area contributed by atoms with Crippen LogP contribution in [0.2, 0.25) is 0 Å². The third-order valence-corrected chi connectivity index (χ3v) is 2.44. The van der Waals surface area contributed by atoms with E-state index in [1.807, 2.05) is 6.92 Å². The molecule has 1 fully saturated rings. The van der Waals surface area contributed by atoms with Crippen LogP contribution in [0.4, 0.5) is 0 Å². The highest BCUT2D eigenvalue weighted by Crippen LogP contribution is 2.05. The molecule has 0 spiro atoms. The summed E-state index contributed by atoms with van der Waals surface area (Å²) in [6, 6.07) is 0.509. The highest BCUT2D eigenvalue weighted by Gasteiger charge is 2.12. The second-order valence-corrected chi connectivity index (χ2v) is 3.70. The zero-order valence-electron chi connectivity index (χ0n) is 8.44. The molecule has 1 aliphatic heterocycles. The number of carbonyl (C=O) groups is 1. The van der Waals surface area contributed by atoms with Gasteiger partial charge >= 0.3 is 0 Å². The van der Waals surface area contributed by atoms with Gasteiger partial charge in [-0.2, -0.15) is 0 Å². The summed E-state index contributed by atoms with van der Waals surface area (Å²) < 4.78 is 0. The van der Waals surface area contributed by atoms with Crippen LogP contribution in [0.5, 0.6) is 0 Å². The predicted molar refractivity (Wildman–Crippen MR) is 53.6 cm³/mol. The largest absolute Gasteiger partial charge is 0.355 e. The molecule has 2 N–H and O–H groups in total. The molecular formula is C10H20N2O. The topological polar surface area (TPSA) is 41.1 Å². The van der Waals surface area contributed by atoms with E-state index >= 15 is 0 Å². The molecule has 1 atom stereocenters. The summed E-state index contributed by atoms with van der Waals surface area (Å²) in [5.74, 6) is 0.190. The van der Waals surface area contributed by atoms with E-state index in [4.69, 9.17) is 0 Å². The Morgan fingerprint density at radius 2 is 2.38 bits per heavy atom. The van der Waals surface area contributed by atoms with Gasteiger partial charge in [0.15, 0.2) is 0 Å². The maximum absolute atomic E-state index is 11.1. The van der Waals surface area contributed by atoms with Crippen molar-refractivity contribution in [3.63, 3.8) is 0 Å². The molecule has 3 heteroatoms. The second-order valence-electron chi connectivity index (χ2n) is 3.70. The summed E-state index contributed by atoms with van der Waals surface area (Å²) in [5.41, 5.74) is 0. The molecular weight excluding hydrogens is 164 g/mol. The second kappa shape index (κ2) is 5.97. The number of hydrogen-bond acceptors (Lipinski definition) is 2. The molecule has 0 bridgehead atoms. The molecule has 0 radical (unpaired) electrons. The minimum absolute atomic E-state index is 0.190. The molecule has 0 saturated carbocycles. The van der Waals surface area contributed by atoms with Gasteiger partial charge in [0.05, 0.1) is 0 Å². The summed E-state index contributed by atoms with van der Waals surface area (Å²) >= 11 is 0. The van der Waals surface area contributed by atoms with Gasteiger partial charge in [0.25, 0.3) is 0 Å². The lowest BCUT2D eigenvalue weighted by molar-refractivity contribution is -0.121. The van der Waals surface area contributed by atoms with Crippen molar-refractivity contribution in [2.24, 2.45) is 0 Å². The highest BCUT2D eigenvalue weighted by atomic mass is 16.1. The Labute approximate surface area is 80.3 Å². The third kappa shape index (κ3) is 4.27. The fourth-order valence-corrected chi connectivity index (χ4v) is 1.65. The lowest BCUT2D eigenvalue weighted by Gasteiger charge is -2.23. The average molecular weight is 184 g/mol. The van der Waals surface area contributed by atoms with Crippen LogP contribution >= 0.6 is 0 Å². The molecule has 1 unspecified atom stereocenters. The van der Waals surface area contributed by atoms with Gasteiger partial charge in [-0.25, -0.2) is 0 Å². The average Bonchev–Trinajstić information content (AvgIpc) is 2.17. The van der Waals surface area contributed by atoms with Crippen molar-refractivity contribution in [3.05, 3.63) is 0 Å². The van der Waals surface area contributed by atoms with Gasteiger partial charge in [0.1, 0.15) is 0 Å². The van der Waals surface area contributed by atoms with E-state index in [0.717, 1.165) is 19.5 Å². The van der Waals surface area contributed by atoms with Gasteiger partial charge in [0.2, 0.25) is 5.91 Å². The maximum Gasteiger partial charge on any atom is 0.220 e. The van der Waals surface area contributed by atoms with E-state index in [1.54, 1.807) is 0 Å². The summed E-state index contributed by atoms with van der Waals surface area (Å²) in [5, 5.41) is 6.35. The Morgan fingerprint density at radius 3 is 3.00 bits per heavy atom. The fourth-order valence-electron chi connectivity index (χ4n) is 1.65. The minimum atomic E-state index is 0.190. The molecule has 3 nitrogen and oxygen atoms in total. The molecule has 0 aromatic carbocycles. The highest BCUT2D eigenvalue weighted by molar-refractivity contribution is 5.75. The van der Waals surface area contributed by atoms with E-state index in [1.165, 1.54) is 19.3 Å². The van der Waals surface area contributed by atoms with Crippen LogP contribution in [0.25, 0.3) is 0 Å². The van der Waals surface area contributed by atoms with E-state index in [-0.39, 0.29) is 5.91 Å². The number of rotatable bonds is 4. The summed E-state index contributed by atoms with van der Waals surface area (Å²) in [6.45, 7) is 3.94. The van der Waals surface area contributed by atoms with Gasteiger partial charge in [-0.1, -0.05) is 13.3 Å². The molecule has 0 aromatic rings. The number of hydrogen-bond donors (Lipinski definition) is 2. The SMILES string of the molecule is CCCC(=O)NCC1CCCCN1. The summed E-state index contributed by atoms with van der Waals surface area (Å²) in [6.07, 6.45) is 5.36. The van der Waals surface area contributed by atoms with Gasteiger partial charge in [-0.05, 0) is 25.8 Å². The number of nitrogens with one attached hydrogen (secondary N) is 2. The van der Waals surface area contributed by atoms with Crippen LogP contribution in [0.15, 0.2) is 0 Å². The predicted octanol–water partition coefficient (Wildman–Crippen LogP) is 1.04. The van der Waals surface area contributed by atoms with Crippen molar-refractivity contribution in [2.75, 3.05) is 13.1 Å². The van der Waals surface area contributed by atoms with Crippen LogP contribution < -0.4 is 10.6 Å². The summed E-state index contributed by atoms with van der Waals surface area (Å²) in [4.78, 5) is 11.1. The van der Waals surface area contributed by atoms with E-state index in [0.29, 0.717) is 12.5 Å². The van der Waals surface area contributed by atoms with E-state index in [2.05, 4.69) is 10.6 Å². The van der Waals surface area contributed by atoms with Gasteiger partial charge in [-0.15, -0.1) is 0 Å². The lowest BCUT2D eigenvalue weighted by atomic mass is 10.1. The maximum atomic E-state index is 11.1. The zero-order chi connectivity index (χ0) is 9.52. The first-order valence-corrected chi connectivity index (χ1v) is 5.33. The van der Waals surface area contributed by atoms with Gasteiger partial charge < -0.3 is 10.6 Å². The van der Waals surface area contributed by atoms with Crippen molar-refractivity contribution in [1.82, 2.24) is 10.6 Å². The normalized spacial score (nSPS) is 22.7. The van der Waals surface area contributed by atoms with Crippen LogP contribution in [-0.2, 0) is 4.79 Å². The Morgan fingerprint density at radius 1 is 1.54 bits per heavy atom. The third-order valence-electron chi connectivity index (χ3n) is 2.44. The molecule has 13 heavy (non-hydrogen) atoms. The molecule has 1 saturated heterocycles. The Bertz CT molecular complexity index is 153. The van der Waals surface area contributed by atoms with E-state index in [9.17, 15) is 4.79 Å². The van der Waals surface area contributed by atoms with E-state index < -0.39 is 0 Å². The van der Waals surface area contributed by atoms with Crippen molar-refractivity contribution in [2.45, 2.75) is 45.1 Å². The van der Waals surface area contributed by atoms with Crippen LogP contribution in [0.1, 0.15) is 39.0 Å². The molecule has 1 aliphatic rings. The molecule has 76 valence electrons. The first-order valence-electron chi connectivity index (χ1n) is 5.33. The molecule has 1 heterocycles. The van der Waals surface area contributed by atoms with Crippen LogP contribution in [0, 0.1) is 0 Å². The van der Waals surface area contributed by atoms with Gasteiger partial charge in [0, 0.05) is 19.0 Å². The van der Waals surface area contributed by atoms with Crippen molar-refractivity contribution < 1.29 is 4.79 Å². The van der Waals surface area contributed by atoms with Crippen LogP contribution in [-0.4, -0.2) is 25.0 Å². The Hall–Kier alpha value is -0.570. The monoisotopic (exact) mass is 184 g/mol. The Kier molecular flexibility index (Phi) is 4.83. The van der Waals surface area contributed by atoms with Crippen molar-refractivity contribution in [3.8, 4) is 0 Å². The molecule has 0 aromatic heterocycles. The van der Waals surface area contributed by atoms with Gasteiger partial charge in [-0.3, -0.25) is 4.79 Å².